The maximum Gasteiger partial charge on any atom is 0.472 e. The highest BCUT2D eigenvalue weighted by Gasteiger charge is 2.31. The van der Waals surface area contributed by atoms with E-state index in [1.165, 1.54) is 263 Å². The molecule has 0 aliphatic rings. The van der Waals surface area contributed by atoms with Crippen LogP contribution in [-0.4, -0.2) is 96.7 Å². The van der Waals surface area contributed by atoms with Crippen LogP contribution in [0.2, 0.25) is 0 Å². The molecule has 0 amide bonds. The van der Waals surface area contributed by atoms with Crippen LogP contribution in [0.1, 0.15) is 460 Å². The van der Waals surface area contributed by atoms with E-state index in [1.807, 2.05) is 0 Å². The van der Waals surface area contributed by atoms with Crippen molar-refractivity contribution >= 4 is 39.5 Å². The number of carbonyl (C=O) groups excluding carboxylic acids is 4. The molecule has 0 fully saturated rings. The van der Waals surface area contributed by atoms with Gasteiger partial charge in [0.1, 0.15) is 19.3 Å². The third-order valence-corrected chi connectivity index (χ3v) is 22.5. The van der Waals surface area contributed by atoms with Gasteiger partial charge < -0.3 is 33.8 Å². The van der Waals surface area contributed by atoms with Crippen LogP contribution in [0.4, 0.5) is 0 Å². The minimum atomic E-state index is -4.97. The highest BCUT2D eigenvalue weighted by atomic mass is 31.2. The van der Waals surface area contributed by atoms with E-state index in [2.05, 4.69) is 55.4 Å². The standard InChI is InChI=1S/C88H172O17P2/c1-78(2)64-56-48-40-32-25-19-13-9-11-15-22-28-36-44-52-60-68-85(90)98-74-83(104-87(92)70-62-54-46-37-29-23-16-12-10-14-20-26-33-41-49-57-65-79(3)4)76-102-106(94,95)100-72-82(89)73-101-107(96,97)103-77-84(75-99-86(91)69-61-53-45-39-31-35-43-51-59-67-81(7)8)105-88(93)71-63-55-47-38-30-24-18-17-21-27-34-42-50-58-66-80(5)6/h78-84,89H,9-77H2,1-8H3,(H,94,95)(H,96,97)/t82-,83-,84-/m1/s1. The molecule has 2 unspecified atom stereocenters. The molecule has 19 heteroatoms. The fourth-order valence-electron chi connectivity index (χ4n) is 13.7. The highest BCUT2D eigenvalue weighted by molar-refractivity contribution is 7.47. The molecule has 0 radical (unpaired) electrons. The summed E-state index contributed by atoms with van der Waals surface area (Å²) in [5.74, 6) is 1.06. The second kappa shape index (κ2) is 76.7. The van der Waals surface area contributed by atoms with Crippen molar-refractivity contribution in [3.63, 3.8) is 0 Å². The SMILES string of the molecule is CC(C)CCCCCCCCCCCCCCCCCCC(=O)OC[C@H](COP(=O)(O)OC[C@@H](O)COP(=O)(O)OC[C@@H](COC(=O)CCCCCCCCCCCC(C)C)OC(=O)CCCCCCCCCCCCCCCCC(C)C)OC(=O)CCCCCCCCCCCCCCCCCCC(C)C. The van der Waals surface area contributed by atoms with E-state index in [1.54, 1.807) is 0 Å². The summed E-state index contributed by atoms with van der Waals surface area (Å²) in [6, 6.07) is 0. The van der Waals surface area contributed by atoms with Gasteiger partial charge in [-0.05, 0) is 49.4 Å². The molecule has 0 saturated carbocycles. The van der Waals surface area contributed by atoms with E-state index >= 15 is 0 Å². The Labute approximate surface area is 658 Å². The molecule has 636 valence electrons. The van der Waals surface area contributed by atoms with Crippen molar-refractivity contribution in [1.29, 1.82) is 0 Å². The molecule has 0 bridgehead atoms. The molecule has 3 N–H and O–H groups in total. The van der Waals surface area contributed by atoms with Crippen LogP contribution >= 0.6 is 15.6 Å². The summed E-state index contributed by atoms with van der Waals surface area (Å²) < 4.78 is 69.0. The number of esters is 4. The molecule has 0 aromatic rings. The number of ether oxygens (including phenoxy) is 4. The predicted octanol–water partition coefficient (Wildman–Crippen LogP) is 26.7. The Morgan fingerprint density at radius 3 is 0.579 bits per heavy atom. The largest absolute Gasteiger partial charge is 0.472 e. The van der Waals surface area contributed by atoms with E-state index in [0.717, 1.165) is 114 Å². The van der Waals surface area contributed by atoms with Gasteiger partial charge >= 0.3 is 39.5 Å². The monoisotopic (exact) mass is 1560 g/mol. The minimum absolute atomic E-state index is 0.107. The quantitative estimate of drug-likeness (QED) is 0.0222. The molecule has 0 heterocycles. The van der Waals surface area contributed by atoms with E-state index in [-0.39, 0.29) is 25.7 Å². The molecule has 0 rings (SSSR count). The molecule has 0 aromatic carbocycles. The summed E-state index contributed by atoms with van der Waals surface area (Å²) in [5, 5.41) is 10.7. The first-order chi connectivity index (χ1) is 51.6. The van der Waals surface area contributed by atoms with Gasteiger partial charge in [-0.25, -0.2) is 9.13 Å². The third kappa shape index (κ3) is 81.9. The van der Waals surface area contributed by atoms with Crippen LogP contribution in [0.5, 0.6) is 0 Å². The summed E-state index contributed by atoms with van der Waals surface area (Å²) in [4.78, 5) is 73.3. The molecule has 107 heavy (non-hydrogen) atoms. The fraction of sp³-hybridized carbons (Fsp3) is 0.955. The number of hydrogen-bond donors (Lipinski definition) is 3. The molecule has 0 aliphatic heterocycles. The van der Waals surface area contributed by atoms with Crippen LogP contribution in [0, 0.1) is 23.7 Å². The van der Waals surface area contributed by atoms with E-state index in [0.29, 0.717) is 25.7 Å². The number of aliphatic hydroxyl groups excluding tert-OH is 1. The Bertz CT molecular complexity index is 2080. The van der Waals surface area contributed by atoms with Crippen molar-refractivity contribution < 1.29 is 80.2 Å². The topological polar surface area (TPSA) is 237 Å². The van der Waals surface area contributed by atoms with E-state index in [4.69, 9.17) is 37.0 Å². The zero-order valence-corrected chi connectivity index (χ0v) is 72.6. The summed E-state index contributed by atoms with van der Waals surface area (Å²) in [5.41, 5.74) is 0. The van der Waals surface area contributed by atoms with Gasteiger partial charge in [0.2, 0.25) is 0 Å². The zero-order chi connectivity index (χ0) is 78.8. The van der Waals surface area contributed by atoms with Crippen LogP contribution in [0.15, 0.2) is 0 Å². The van der Waals surface area contributed by atoms with E-state index in [9.17, 15) is 43.2 Å². The lowest BCUT2D eigenvalue weighted by Gasteiger charge is -2.21. The van der Waals surface area contributed by atoms with Crippen LogP contribution in [0.3, 0.4) is 0 Å². The third-order valence-electron chi connectivity index (χ3n) is 20.6. The van der Waals surface area contributed by atoms with Crippen molar-refractivity contribution in [1.82, 2.24) is 0 Å². The van der Waals surface area contributed by atoms with Gasteiger partial charge in [-0.1, -0.05) is 409 Å². The Hall–Kier alpha value is -1.94. The fourth-order valence-corrected chi connectivity index (χ4v) is 15.3. The molecule has 0 aromatic heterocycles. The lowest BCUT2D eigenvalue weighted by molar-refractivity contribution is -0.161. The van der Waals surface area contributed by atoms with Gasteiger partial charge in [0.05, 0.1) is 26.4 Å². The summed E-state index contributed by atoms with van der Waals surface area (Å²) in [6.45, 7) is 14.4. The van der Waals surface area contributed by atoms with Crippen molar-refractivity contribution in [2.45, 2.75) is 478 Å². The minimum Gasteiger partial charge on any atom is -0.462 e. The first-order valence-electron chi connectivity index (χ1n) is 45.2. The van der Waals surface area contributed by atoms with Crippen molar-refractivity contribution in [3.8, 4) is 0 Å². The Kier molecular flexibility index (Phi) is 75.3. The number of phosphoric acid groups is 2. The second-order valence-electron chi connectivity index (χ2n) is 33.5. The number of hydrogen-bond acceptors (Lipinski definition) is 15. The first-order valence-corrected chi connectivity index (χ1v) is 48.2. The molecular formula is C88H172O17P2. The number of carbonyl (C=O) groups is 4. The van der Waals surface area contributed by atoms with Crippen molar-refractivity contribution in [2.24, 2.45) is 23.7 Å². The van der Waals surface area contributed by atoms with Crippen LogP contribution in [-0.2, 0) is 65.4 Å². The van der Waals surface area contributed by atoms with Gasteiger partial charge in [0, 0.05) is 25.7 Å². The first kappa shape index (κ1) is 105. The normalized spacial score (nSPS) is 13.9. The molecule has 17 nitrogen and oxygen atoms in total. The number of aliphatic hydroxyl groups is 1. The molecule has 5 atom stereocenters. The lowest BCUT2D eigenvalue weighted by Crippen LogP contribution is -2.30. The summed E-state index contributed by atoms with van der Waals surface area (Å²) in [6.07, 6.45) is 66.6. The highest BCUT2D eigenvalue weighted by Crippen LogP contribution is 2.45. The van der Waals surface area contributed by atoms with Gasteiger partial charge in [-0.2, -0.15) is 0 Å². The number of rotatable bonds is 85. The zero-order valence-electron chi connectivity index (χ0n) is 70.8. The molecule has 0 aliphatic carbocycles. The number of unbranched alkanes of at least 4 members (excludes halogenated alkanes) is 51. The van der Waals surface area contributed by atoms with Gasteiger partial charge in [0.15, 0.2) is 12.2 Å². The van der Waals surface area contributed by atoms with Gasteiger partial charge in [0.25, 0.3) is 0 Å². The van der Waals surface area contributed by atoms with Gasteiger partial charge in [-0.15, -0.1) is 0 Å². The second-order valence-corrected chi connectivity index (χ2v) is 36.4. The summed E-state index contributed by atoms with van der Waals surface area (Å²) in [7, 11) is -9.93. The van der Waals surface area contributed by atoms with Crippen molar-refractivity contribution in [2.75, 3.05) is 39.6 Å². The average Bonchev–Trinajstić information content (AvgIpc) is 0.920. The Morgan fingerprint density at radius 2 is 0.393 bits per heavy atom. The van der Waals surface area contributed by atoms with Gasteiger partial charge in [-0.3, -0.25) is 37.3 Å². The molecular weight excluding hydrogens is 1390 g/mol. The Balaban J connectivity index is 5.26. The lowest BCUT2D eigenvalue weighted by atomic mass is 10.0. The maximum absolute atomic E-state index is 13.2. The smallest absolute Gasteiger partial charge is 0.462 e. The van der Waals surface area contributed by atoms with E-state index < -0.39 is 97.5 Å². The van der Waals surface area contributed by atoms with Crippen LogP contribution in [0.25, 0.3) is 0 Å². The number of phosphoric ester groups is 2. The maximum atomic E-state index is 13.2. The van der Waals surface area contributed by atoms with Crippen LogP contribution < -0.4 is 0 Å². The summed E-state index contributed by atoms with van der Waals surface area (Å²) >= 11 is 0. The molecule has 0 spiro atoms. The predicted molar refractivity (Wildman–Crippen MR) is 441 cm³/mol. The molecule has 0 saturated heterocycles. The Morgan fingerprint density at radius 1 is 0.234 bits per heavy atom. The average molecular weight is 1560 g/mol. The van der Waals surface area contributed by atoms with Crippen molar-refractivity contribution in [3.05, 3.63) is 0 Å².